The van der Waals surface area contributed by atoms with E-state index in [0.717, 1.165) is 5.69 Å². The molecule has 3 rings (SSSR count). The summed E-state index contributed by atoms with van der Waals surface area (Å²) in [5, 5.41) is 15.4. The lowest BCUT2D eigenvalue weighted by molar-refractivity contribution is -0.0361. The molecule has 2 N–H and O–H groups in total. The van der Waals surface area contributed by atoms with Crippen molar-refractivity contribution in [1.29, 1.82) is 0 Å². The lowest BCUT2D eigenvalue weighted by Crippen LogP contribution is -2.32. The number of alkyl halides is 2. The number of aromatic nitrogens is 3. The Hall–Kier alpha value is -1.54. The van der Waals surface area contributed by atoms with Gasteiger partial charge in [-0.15, -0.1) is 11.3 Å². The van der Waals surface area contributed by atoms with E-state index in [1.54, 1.807) is 0 Å². The van der Waals surface area contributed by atoms with Crippen LogP contribution in [-0.4, -0.2) is 32.0 Å². The first-order chi connectivity index (χ1) is 10.8. The summed E-state index contributed by atoms with van der Waals surface area (Å²) in [6.45, 7) is 1.85. The number of halogens is 3. The number of hydrogen-bond donors (Lipinski definition) is 2. The van der Waals surface area contributed by atoms with E-state index < -0.39 is 5.92 Å². The average Bonchev–Trinajstić information content (AvgIpc) is 2.92. The number of nitrogens with one attached hydrogen (secondary N) is 1. The second-order valence-corrected chi connectivity index (χ2v) is 6.82. The third-order valence-corrected chi connectivity index (χ3v) is 4.93. The van der Waals surface area contributed by atoms with Crippen LogP contribution in [0.2, 0.25) is 5.15 Å². The number of anilines is 1. The predicted molar refractivity (Wildman–Crippen MR) is 85.4 cm³/mol. The Morgan fingerprint density at radius 1 is 1.30 bits per heavy atom. The highest BCUT2D eigenvalue weighted by atomic mass is 35.5. The first-order valence-electron chi connectivity index (χ1n) is 7.17. The van der Waals surface area contributed by atoms with Gasteiger partial charge in [-0.05, 0) is 19.8 Å². The molecule has 2 aromatic heterocycles. The SMILES string of the molecule is Cc1csc(-c2nc(Cl)c(O)c(NC3CCC(F)(F)CC3)n2)n1. The molecule has 0 atom stereocenters. The van der Waals surface area contributed by atoms with Crippen LogP contribution in [-0.2, 0) is 0 Å². The molecule has 0 spiro atoms. The van der Waals surface area contributed by atoms with E-state index in [4.69, 9.17) is 11.6 Å². The van der Waals surface area contributed by atoms with E-state index in [2.05, 4.69) is 20.3 Å². The van der Waals surface area contributed by atoms with Crippen LogP contribution in [0.5, 0.6) is 5.75 Å². The van der Waals surface area contributed by atoms with Crippen molar-refractivity contribution in [2.45, 2.75) is 44.6 Å². The van der Waals surface area contributed by atoms with Crippen molar-refractivity contribution in [1.82, 2.24) is 15.0 Å². The van der Waals surface area contributed by atoms with Crippen LogP contribution in [0.15, 0.2) is 5.38 Å². The minimum Gasteiger partial charge on any atom is -0.502 e. The molecule has 0 unspecified atom stereocenters. The van der Waals surface area contributed by atoms with Gasteiger partial charge >= 0.3 is 0 Å². The number of rotatable bonds is 3. The second-order valence-electron chi connectivity index (χ2n) is 5.60. The van der Waals surface area contributed by atoms with Crippen LogP contribution in [0.4, 0.5) is 14.6 Å². The van der Waals surface area contributed by atoms with Crippen molar-refractivity contribution >= 4 is 28.8 Å². The first kappa shape index (κ1) is 16.3. The molecule has 1 fully saturated rings. The van der Waals surface area contributed by atoms with Gasteiger partial charge in [-0.2, -0.15) is 0 Å². The Morgan fingerprint density at radius 3 is 2.61 bits per heavy atom. The van der Waals surface area contributed by atoms with Crippen molar-refractivity contribution < 1.29 is 13.9 Å². The van der Waals surface area contributed by atoms with Crippen LogP contribution in [0, 0.1) is 6.92 Å². The zero-order valence-corrected chi connectivity index (χ0v) is 13.9. The summed E-state index contributed by atoms with van der Waals surface area (Å²) in [5.41, 5.74) is 0.835. The molecule has 23 heavy (non-hydrogen) atoms. The van der Waals surface area contributed by atoms with E-state index in [-0.39, 0.29) is 35.6 Å². The zero-order chi connectivity index (χ0) is 16.6. The van der Waals surface area contributed by atoms with Crippen LogP contribution in [0.25, 0.3) is 10.8 Å². The van der Waals surface area contributed by atoms with Gasteiger partial charge in [-0.3, -0.25) is 0 Å². The predicted octanol–water partition coefficient (Wildman–Crippen LogP) is 4.26. The van der Waals surface area contributed by atoms with Crippen LogP contribution in [0.3, 0.4) is 0 Å². The Morgan fingerprint density at radius 2 is 2.00 bits per heavy atom. The van der Waals surface area contributed by atoms with Gasteiger partial charge in [0.1, 0.15) is 0 Å². The lowest BCUT2D eigenvalue weighted by atomic mass is 9.92. The molecule has 0 bridgehead atoms. The molecule has 5 nitrogen and oxygen atoms in total. The van der Waals surface area contributed by atoms with Crippen molar-refractivity contribution in [3.8, 4) is 16.6 Å². The fourth-order valence-electron chi connectivity index (χ4n) is 2.46. The van der Waals surface area contributed by atoms with Gasteiger partial charge in [0.2, 0.25) is 5.92 Å². The maximum atomic E-state index is 13.2. The van der Waals surface area contributed by atoms with E-state index in [1.165, 1.54) is 11.3 Å². The highest BCUT2D eigenvalue weighted by Gasteiger charge is 2.35. The Bertz CT molecular complexity index is 715. The summed E-state index contributed by atoms with van der Waals surface area (Å²) in [4.78, 5) is 12.6. The standard InChI is InChI=1S/C14H15ClF2N4OS/c1-7-6-23-13(18-7)12-20-10(15)9(22)11(21-12)19-8-2-4-14(16,17)5-3-8/h6,8,22H,2-5H2,1H3,(H,19,20,21). The van der Waals surface area contributed by atoms with Crippen LogP contribution >= 0.6 is 22.9 Å². The number of aromatic hydroxyl groups is 1. The molecule has 9 heteroatoms. The number of hydrogen-bond acceptors (Lipinski definition) is 6. The van der Waals surface area contributed by atoms with Crippen molar-refractivity contribution in [3.63, 3.8) is 0 Å². The largest absolute Gasteiger partial charge is 0.502 e. The minimum atomic E-state index is -2.60. The summed E-state index contributed by atoms with van der Waals surface area (Å²) in [6, 6.07) is -0.183. The maximum absolute atomic E-state index is 13.2. The molecule has 0 radical (unpaired) electrons. The molecule has 0 aliphatic heterocycles. The topological polar surface area (TPSA) is 70.9 Å². The fourth-order valence-corrected chi connectivity index (χ4v) is 3.36. The van der Waals surface area contributed by atoms with Crippen molar-refractivity contribution in [2.75, 3.05) is 5.32 Å². The van der Waals surface area contributed by atoms with E-state index in [0.29, 0.717) is 23.7 Å². The molecule has 2 aromatic rings. The van der Waals surface area contributed by atoms with Crippen LogP contribution < -0.4 is 5.32 Å². The van der Waals surface area contributed by atoms with Crippen molar-refractivity contribution in [2.24, 2.45) is 0 Å². The van der Waals surface area contributed by atoms with E-state index >= 15 is 0 Å². The molecule has 1 saturated carbocycles. The molecular weight excluding hydrogens is 346 g/mol. The van der Waals surface area contributed by atoms with Gasteiger partial charge in [0.25, 0.3) is 0 Å². The van der Waals surface area contributed by atoms with Crippen molar-refractivity contribution in [3.05, 3.63) is 16.2 Å². The van der Waals surface area contributed by atoms with E-state index in [9.17, 15) is 13.9 Å². The van der Waals surface area contributed by atoms with Gasteiger partial charge in [0, 0.05) is 30.0 Å². The quantitative estimate of drug-likeness (QED) is 0.800. The van der Waals surface area contributed by atoms with E-state index in [1.807, 2.05) is 12.3 Å². The number of nitrogens with zero attached hydrogens (tertiary/aromatic N) is 3. The second kappa shape index (κ2) is 6.16. The highest BCUT2D eigenvalue weighted by molar-refractivity contribution is 7.13. The molecule has 0 aromatic carbocycles. The third kappa shape index (κ3) is 3.69. The Balaban J connectivity index is 1.83. The van der Waals surface area contributed by atoms with Gasteiger partial charge in [-0.1, -0.05) is 11.6 Å². The summed E-state index contributed by atoms with van der Waals surface area (Å²) < 4.78 is 26.4. The first-order valence-corrected chi connectivity index (χ1v) is 8.43. The Labute approximate surface area is 140 Å². The number of thiazole rings is 1. The molecule has 0 saturated heterocycles. The molecule has 1 aliphatic rings. The zero-order valence-electron chi connectivity index (χ0n) is 12.3. The molecule has 1 aliphatic carbocycles. The minimum absolute atomic E-state index is 0.0912. The summed E-state index contributed by atoms with van der Waals surface area (Å²) >= 11 is 7.32. The number of aryl methyl sites for hydroxylation is 1. The third-order valence-electron chi connectivity index (χ3n) is 3.71. The average molecular weight is 361 g/mol. The molecule has 124 valence electrons. The molecule has 0 amide bonds. The summed E-state index contributed by atoms with van der Waals surface area (Å²) in [6.07, 6.45) is 0.255. The molecular formula is C14H15ClF2N4OS. The highest BCUT2D eigenvalue weighted by Crippen LogP contribution is 2.37. The smallest absolute Gasteiger partial charge is 0.248 e. The Kier molecular flexibility index (Phi) is 4.37. The van der Waals surface area contributed by atoms with Gasteiger partial charge < -0.3 is 10.4 Å². The summed E-state index contributed by atoms with van der Waals surface area (Å²) in [5.74, 6) is -2.42. The fraction of sp³-hybridized carbons (Fsp3) is 0.500. The normalized spacial score (nSPS) is 18.1. The molecule has 2 heterocycles. The monoisotopic (exact) mass is 360 g/mol. The van der Waals surface area contributed by atoms with Gasteiger partial charge in [-0.25, -0.2) is 23.7 Å². The van der Waals surface area contributed by atoms with Gasteiger partial charge in [0.15, 0.2) is 27.6 Å². The lowest BCUT2D eigenvalue weighted by Gasteiger charge is -2.29. The van der Waals surface area contributed by atoms with Crippen LogP contribution in [0.1, 0.15) is 31.4 Å². The summed E-state index contributed by atoms with van der Waals surface area (Å²) in [7, 11) is 0. The maximum Gasteiger partial charge on any atom is 0.248 e. The van der Waals surface area contributed by atoms with Gasteiger partial charge in [0.05, 0.1) is 0 Å².